The third-order valence-electron chi connectivity index (χ3n) is 3.16. The molecule has 2 aliphatic rings. The molecule has 0 aromatic carbocycles. The largest absolute Gasteiger partial charge is 0.396 e. The van der Waals surface area contributed by atoms with Crippen LogP contribution < -0.4 is 4.90 Å². The maximum Gasteiger partial charge on any atom is 0.251 e. The van der Waals surface area contributed by atoms with E-state index in [0.717, 1.165) is 18.7 Å². The number of hydrogen-bond donors (Lipinski definition) is 2. The van der Waals surface area contributed by atoms with Gasteiger partial charge in [0.1, 0.15) is 5.82 Å². The molecule has 1 aromatic rings. The van der Waals surface area contributed by atoms with E-state index in [2.05, 4.69) is 15.2 Å². The Labute approximate surface area is 92.7 Å². The van der Waals surface area contributed by atoms with E-state index < -0.39 is 0 Å². The smallest absolute Gasteiger partial charge is 0.251 e. The Morgan fingerprint density at radius 3 is 2.94 bits per heavy atom. The Morgan fingerprint density at radius 1 is 1.50 bits per heavy atom. The third kappa shape index (κ3) is 1.59. The van der Waals surface area contributed by atoms with Crippen molar-refractivity contribution in [2.24, 2.45) is 5.92 Å². The van der Waals surface area contributed by atoms with Crippen LogP contribution in [0.5, 0.6) is 0 Å². The van der Waals surface area contributed by atoms with Gasteiger partial charge in [0, 0.05) is 31.4 Å². The second kappa shape index (κ2) is 3.55. The van der Waals surface area contributed by atoms with Crippen molar-refractivity contribution in [2.75, 3.05) is 18.1 Å². The molecule has 1 aromatic heterocycles. The molecule has 1 atom stereocenters. The minimum absolute atomic E-state index is 0.000368. The van der Waals surface area contributed by atoms with Crippen LogP contribution in [-0.2, 0) is 4.79 Å². The quantitative estimate of drug-likeness (QED) is 0.755. The number of H-pyrrole nitrogens is 1. The molecule has 6 nitrogen and oxygen atoms in total. The van der Waals surface area contributed by atoms with Crippen molar-refractivity contribution in [2.45, 2.75) is 25.2 Å². The minimum atomic E-state index is 0.000368. The lowest BCUT2D eigenvalue weighted by molar-refractivity contribution is -0.117. The maximum absolute atomic E-state index is 11.7. The van der Waals surface area contributed by atoms with Gasteiger partial charge in [0.05, 0.1) is 0 Å². The standard InChI is InChI=1S/C10H14N4O2/c15-5-6-3-8(16)14(4-6)10-11-9(12-13-10)7-1-2-7/h6-7,15H,1-5H2,(H,11,12,13). The number of aliphatic hydroxyl groups is 1. The highest BCUT2D eigenvalue weighted by atomic mass is 16.3. The summed E-state index contributed by atoms with van der Waals surface area (Å²) in [5, 5.41) is 16.0. The molecule has 16 heavy (non-hydrogen) atoms. The fourth-order valence-electron chi connectivity index (χ4n) is 2.02. The van der Waals surface area contributed by atoms with Crippen LogP contribution in [0.15, 0.2) is 0 Å². The first-order valence-corrected chi connectivity index (χ1v) is 5.61. The van der Waals surface area contributed by atoms with E-state index >= 15 is 0 Å². The van der Waals surface area contributed by atoms with Gasteiger partial charge in [0.15, 0.2) is 0 Å². The second-order valence-corrected chi connectivity index (χ2v) is 4.55. The van der Waals surface area contributed by atoms with Crippen molar-refractivity contribution < 1.29 is 9.90 Å². The van der Waals surface area contributed by atoms with Gasteiger partial charge >= 0.3 is 0 Å². The number of nitrogens with one attached hydrogen (secondary N) is 1. The summed E-state index contributed by atoms with van der Waals surface area (Å²) in [5.41, 5.74) is 0. The molecule has 0 bridgehead atoms. The molecule has 2 N–H and O–H groups in total. The lowest BCUT2D eigenvalue weighted by atomic mass is 10.1. The first-order valence-electron chi connectivity index (χ1n) is 5.61. The van der Waals surface area contributed by atoms with Crippen molar-refractivity contribution in [1.29, 1.82) is 0 Å². The van der Waals surface area contributed by atoms with Crippen LogP contribution in [0.4, 0.5) is 5.95 Å². The molecule has 1 saturated carbocycles. The molecule has 2 heterocycles. The number of aromatic nitrogens is 3. The lowest BCUT2D eigenvalue weighted by Crippen LogP contribution is -2.26. The van der Waals surface area contributed by atoms with E-state index in [9.17, 15) is 4.79 Å². The summed E-state index contributed by atoms with van der Waals surface area (Å²) < 4.78 is 0. The highest BCUT2D eigenvalue weighted by Gasteiger charge is 2.34. The Bertz CT molecular complexity index is 413. The van der Waals surface area contributed by atoms with E-state index in [1.165, 1.54) is 0 Å². The van der Waals surface area contributed by atoms with Crippen molar-refractivity contribution >= 4 is 11.9 Å². The summed E-state index contributed by atoms with van der Waals surface area (Å²) in [6.07, 6.45) is 2.70. The molecule has 1 aliphatic carbocycles. The van der Waals surface area contributed by atoms with Crippen molar-refractivity contribution in [3.63, 3.8) is 0 Å². The fourth-order valence-corrected chi connectivity index (χ4v) is 2.02. The SMILES string of the molecule is O=C1CC(CO)CN1c1n[nH]c(C2CC2)n1. The number of carbonyl (C=O) groups excluding carboxylic acids is 1. The molecule has 86 valence electrons. The lowest BCUT2D eigenvalue weighted by Gasteiger charge is -2.10. The molecule has 0 spiro atoms. The van der Waals surface area contributed by atoms with Crippen LogP contribution >= 0.6 is 0 Å². The average molecular weight is 222 g/mol. The predicted octanol–water partition coefficient (Wildman–Crippen LogP) is 0.0273. The molecular weight excluding hydrogens is 208 g/mol. The highest BCUT2D eigenvalue weighted by molar-refractivity contribution is 5.94. The van der Waals surface area contributed by atoms with Gasteiger partial charge in [-0.15, -0.1) is 5.10 Å². The number of nitrogens with zero attached hydrogens (tertiary/aromatic N) is 3. The third-order valence-corrected chi connectivity index (χ3v) is 3.16. The topological polar surface area (TPSA) is 82.1 Å². The maximum atomic E-state index is 11.7. The highest BCUT2D eigenvalue weighted by Crippen LogP contribution is 2.38. The summed E-state index contributed by atoms with van der Waals surface area (Å²) in [6, 6.07) is 0. The van der Waals surface area contributed by atoms with Crippen LogP contribution in [0.2, 0.25) is 0 Å². The monoisotopic (exact) mass is 222 g/mol. The van der Waals surface area contributed by atoms with Crippen LogP contribution in [0.3, 0.4) is 0 Å². The Morgan fingerprint density at radius 2 is 2.31 bits per heavy atom. The van der Waals surface area contributed by atoms with Gasteiger partial charge < -0.3 is 5.11 Å². The van der Waals surface area contributed by atoms with Gasteiger partial charge in [-0.1, -0.05) is 0 Å². The zero-order chi connectivity index (χ0) is 11.1. The fraction of sp³-hybridized carbons (Fsp3) is 0.700. The molecule has 2 fully saturated rings. The normalized spacial score (nSPS) is 25.4. The first kappa shape index (κ1) is 9.77. The number of anilines is 1. The molecule has 6 heteroatoms. The van der Waals surface area contributed by atoms with Crippen molar-refractivity contribution in [3.05, 3.63) is 5.82 Å². The van der Waals surface area contributed by atoms with Crippen LogP contribution in [0, 0.1) is 5.92 Å². The van der Waals surface area contributed by atoms with Gasteiger partial charge in [-0.05, 0) is 12.8 Å². The van der Waals surface area contributed by atoms with Gasteiger partial charge in [-0.3, -0.25) is 14.8 Å². The van der Waals surface area contributed by atoms with E-state index in [-0.39, 0.29) is 18.4 Å². The summed E-state index contributed by atoms with van der Waals surface area (Å²) >= 11 is 0. The molecule has 1 aliphatic heterocycles. The predicted molar refractivity (Wildman–Crippen MR) is 55.9 cm³/mol. The van der Waals surface area contributed by atoms with Crippen LogP contribution in [0.1, 0.15) is 31.0 Å². The number of aromatic amines is 1. The Balaban J connectivity index is 1.78. The van der Waals surface area contributed by atoms with Gasteiger partial charge in [-0.25, -0.2) is 0 Å². The Hall–Kier alpha value is -1.43. The van der Waals surface area contributed by atoms with Crippen LogP contribution in [-0.4, -0.2) is 39.3 Å². The average Bonchev–Trinajstić information content (AvgIpc) is 2.89. The number of rotatable bonds is 3. The van der Waals surface area contributed by atoms with Gasteiger partial charge in [0.2, 0.25) is 5.91 Å². The summed E-state index contributed by atoms with van der Waals surface area (Å²) in [7, 11) is 0. The molecular formula is C10H14N4O2. The minimum Gasteiger partial charge on any atom is -0.396 e. The number of amides is 1. The van der Waals surface area contributed by atoms with E-state index in [1.807, 2.05) is 0 Å². The second-order valence-electron chi connectivity index (χ2n) is 4.55. The Kier molecular flexibility index (Phi) is 2.17. The van der Waals surface area contributed by atoms with Crippen LogP contribution in [0.25, 0.3) is 0 Å². The van der Waals surface area contributed by atoms with E-state index in [4.69, 9.17) is 5.11 Å². The number of carbonyl (C=O) groups is 1. The summed E-state index contributed by atoms with van der Waals surface area (Å²) in [5.74, 6) is 1.88. The van der Waals surface area contributed by atoms with Crippen molar-refractivity contribution in [1.82, 2.24) is 15.2 Å². The molecule has 1 unspecified atom stereocenters. The molecule has 3 rings (SSSR count). The van der Waals surface area contributed by atoms with Gasteiger partial charge in [0.25, 0.3) is 5.95 Å². The van der Waals surface area contributed by atoms with Crippen molar-refractivity contribution in [3.8, 4) is 0 Å². The molecule has 0 radical (unpaired) electrons. The summed E-state index contributed by atoms with van der Waals surface area (Å²) in [6.45, 7) is 0.569. The van der Waals surface area contributed by atoms with Gasteiger partial charge in [-0.2, -0.15) is 4.98 Å². The van der Waals surface area contributed by atoms with E-state index in [0.29, 0.717) is 24.8 Å². The molecule has 1 amide bonds. The van der Waals surface area contributed by atoms with E-state index in [1.54, 1.807) is 4.90 Å². The number of hydrogen-bond acceptors (Lipinski definition) is 4. The zero-order valence-corrected chi connectivity index (χ0v) is 8.89. The summed E-state index contributed by atoms with van der Waals surface area (Å²) in [4.78, 5) is 17.5. The first-order chi connectivity index (χ1) is 7.78. The number of aliphatic hydroxyl groups excluding tert-OH is 1. The zero-order valence-electron chi connectivity index (χ0n) is 8.89. The molecule has 1 saturated heterocycles.